The molecule has 2 N–H and O–H groups in total. The van der Waals surface area contributed by atoms with E-state index in [0.29, 0.717) is 0 Å². The molecule has 0 radical (unpaired) electrons. The first kappa shape index (κ1) is 16.9. The molecule has 2 aromatic heterocycles. The van der Waals surface area contributed by atoms with Crippen LogP contribution in [0, 0.1) is 6.92 Å². The first-order valence-electron chi connectivity index (χ1n) is 7.70. The summed E-state index contributed by atoms with van der Waals surface area (Å²) in [5, 5.41) is 2.96. The fourth-order valence-corrected chi connectivity index (χ4v) is 2.65. The molecule has 0 fully saturated rings. The molecular formula is C19H16ClN3O2. The maximum atomic E-state index is 12.6. The number of aromatic nitrogens is 2. The van der Waals surface area contributed by atoms with Gasteiger partial charge in [-0.05, 0) is 36.2 Å². The summed E-state index contributed by atoms with van der Waals surface area (Å²) in [6.07, 6.45) is 4.71. The van der Waals surface area contributed by atoms with Crippen molar-refractivity contribution >= 4 is 17.5 Å². The summed E-state index contributed by atoms with van der Waals surface area (Å²) in [7, 11) is 0. The topological polar surface area (TPSA) is 74.8 Å². The number of hydrogen-bond acceptors (Lipinski definition) is 3. The highest BCUT2D eigenvalue weighted by Crippen LogP contribution is 2.22. The molecule has 5 nitrogen and oxygen atoms in total. The predicted molar refractivity (Wildman–Crippen MR) is 96.8 cm³/mol. The van der Waals surface area contributed by atoms with Crippen molar-refractivity contribution in [1.29, 1.82) is 0 Å². The van der Waals surface area contributed by atoms with E-state index >= 15 is 0 Å². The number of carbonyl (C=O) groups is 1. The van der Waals surface area contributed by atoms with E-state index in [4.69, 9.17) is 11.6 Å². The number of aromatic amines is 1. The lowest BCUT2D eigenvalue weighted by Gasteiger charge is -2.20. The van der Waals surface area contributed by atoms with Crippen LogP contribution in [0.25, 0.3) is 0 Å². The standard InChI is InChI=1S/C19H16ClN3O2/c1-12-2-4-13(5-3-12)17(14-6-8-21-9-7-14)23-18(24)15-10-16(20)19(25)22-11-15/h2-11,17H,1H3,(H,22,25)(H,23,24). The Balaban J connectivity index is 1.94. The van der Waals surface area contributed by atoms with Crippen molar-refractivity contribution in [1.82, 2.24) is 15.3 Å². The van der Waals surface area contributed by atoms with E-state index in [2.05, 4.69) is 15.3 Å². The van der Waals surface area contributed by atoms with Crippen LogP contribution in [0.4, 0.5) is 0 Å². The number of pyridine rings is 2. The molecule has 0 aliphatic carbocycles. The zero-order chi connectivity index (χ0) is 17.8. The molecule has 0 bridgehead atoms. The van der Waals surface area contributed by atoms with Crippen LogP contribution in [0.1, 0.15) is 33.1 Å². The molecule has 0 saturated heterocycles. The van der Waals surface area contributed by atoms with Crippen molar-refractivity contribution in [2.75, 3.05) is 0 Å². The Morgan fingerprint density at radius 1 is 1.12 bits per heavy atom. The molecule has 25 heavy (non-hydrogen) atoms. The molecule has 0 aliphatic heterocycles. The van der Waals surface area contributed by atoms with E-state index in [1.807, 2.05) is 43.3 Å². The van der Waals surface area contributed by atoms with Gasteiger partial charge in [0.15, 0.2) is 0 Å². The third kappa shape index (κ3) is 3.95. The Bertz CT molecular complexity index is 937. The summed E-state index contributed by atoms with van der Waals surface area (Å²) < 4.78 is 0. The maximum Gasteiger partial charge on any atom is 0.266 e. The zero-order valence-electron chi connectivity index (χ0n) is 13.5. The lowest BCUT2D eigenvalue weighted by atomic mass is 9.98. The maximum absolute atomic E-state index is 12.6. The number of benzene rings is 1. The quantitative estimate of drug-likeness (QED) is 0.756. The van der Waals surface area contributed by atoms with Crippen molar-refractivity contribution in [2.24, 2.45) is 0 Å². The van der Waals surface area contributed by atoms with E-state index in [1.165, 1.54) is 12.3 Å². The first-order chi connectivity index (χ1) is 12.0. The van der Waals surface area contributed by atoms with Gasteiger partial charge < -0.3 is 10.3 Å². The lowest BCUT2D eigenvalue weighted by Crippen LogP contribution is -2.30. The van der Waals surface area contributed by atoms with E-state index in [0.717, 1.165) is 16.7 Å². The molecule has 3 rings (SSSR count). The molecule has 0 saturated carbocycles. The van der Waals surface area contributed by atoms with Crippen molar-refractivity contribution < 1.29 is 4.79 Å². The summed E-state index contributed by atoms with van der Waals surface area (Å²) in [6.45, 7) is 2.01. The van der Waals surface area contributed by atoms with E-state index in [9.17, 15) is 9.59 Å². The molecule has 3 aromatic rings. The fourth-order valence-electron chi connectivity index (χ4n) is 2.48. The molecule has 1 atom stereocenters. The van der Waals surface area contributed by atoms with Crippen LogP contribution >= 0.6 is 11.6 Å². The number of H-pyrrole nitrogens is 1. The van der Waals surface area contributed by atoms with Gasteiger partial charge in [-0.3, -0.25) is 14.6 Å². The smallest absolute Gasteiger partial charge is 0.266 e. The third-order valence-electron chi connectivity index (χ3n) is 3.85. The summed E-state index contributed by atoms with van der Waals surface area (Å²) in [5.74, 6) is -0.333. The molecule has 6 heteroatoms. The monoisotopic (exact) mass is 353 g/mol. The minimum atomic E-state index is -0.428. The number of hydrogen-bond donors (Lipinski definition) is 2. The lowest BCUT2D eigenvalue weighted by molar-refractivity contribution is 0.0942. The van der Waals surface area contributed by atoms with Gasteiger partial charge in [0, 0.05) is 18.6 Å². The second-order valence-corrected chi connectivity index (χ2v) is 6.07. The van der Waals surface area contributed by atoms with Gasteiger partial charge in [0.1, 0.15) is 5.02 Å². The van der Waals surface area contributed by atoms with Gasteiger partial charge in [-0.15, -0.1) is 0 Å². The molecule has 0 spiro atoms. The van der Waals surface area contributed by atoms with Crippen LogP contribution < -0.4 is 10.9 Å². The van der Waals surface area contributed by atoms with E-state index in [-0.39, 0.29) is 22.5 Å². The Morgan fingerprint density at radius 3 is 2.40 bits per heavy atom. The molecule has 1 unspecified atom stereocenters. The Labute approximate surface area is 149 Å². The fraction of sp³-hybridized carbons (Fsp3) is 0.105. The molecule has 0 aliphatic rings. The number of nitrogens with zero attached hydrogens (tertiary/aromatic N) is 1. The summed E-state index contributed by atoms with van der Waals surface area (Å²) in [4.78, 5) is 30.5. The second-order valence-electron chi connectivity index (χ2n) is 5.66. The molecule has 2 heterocycles. The van der Waals surface area contributed by atoms with Gasteiger partial charge in [0.05, 0.1) is 11.6 Å². The van der Waals surface area contributed by atoms with Gasteiger partial charge in [-0.2, -0.15) is 0 Å². The van der Waals surface area contributed by atoms with Gasteiger partial charge in [0.25, 0.3) is 11.5 Å². The van der Waals surface area contributed by atoms with Crippen molar-refractivity contribution in [3.63, 3.8) is 0 Å². The summed E-state index contributed by atoms with van der Waals surface area (Å²) >= 11 is 5.81. The van der Waals surface area contributed by atoms with Crippen molar-refractivity contribution in [3.05, 3.63) is 98.7 Å². The molecule has 126 valence electrons. The van der Waals surface area contributed by atoms with Crippen molar-refractivity contribution in [3.8, 4) is 0 Å². The number of carbonyl (C=O) groups excluding carboxylic acids is 1. The first-order valence-corrected chi connectivity index (χ1v) is 8.08. The van der Waals surface area contributed by atoms with Crippen LogP contribution in [-0.2, 0) is 0 Å². The highest BCUT2D eigenvalue weighted by Gasteiger charge is 2.18. The largest absolute Gasteiger partial charge is 0.341 e. The highest BCUT2D eigenvalue weighted by molar-refractivity contribution is 6.30. The van der Waals surface area contributed by atoms with E-state index < -0.39 is 5.56 Å². The summed E-state index contributed by atoms with van der Waals surface area (Å²) in [5.41, 5.74) is 2.84. The third-order valence-corrected chi connectivity index (χ3v) is 4.13. The van der Waals surface area contributed by atoms with Crippen LogP contribution in [0.15, 0.2) is 65.8 Å². The molecule has 1 amide bonds. The SMILES string of the molecule is Cc1ccc(C(NC(=O)c2c[nH]c(=O)c(Cl)c2)c2ccncc2)cc1. The average molecular weight is 354 g/mol. The summed E-state index contributed by atoms with van der Waals surface area (Å²) in [6, 6.07) is 12.6. The highest BCUT2D eigenvalue weighted by atomic mass is 35.5. The Hall–Kier alpha value is -2.92. The normalized spacial score (nSPS) is 11.8. The van der Waals surface area contributed by atoms with Crippen LogP contribution in [0.3, 0.4) is 0 Å². The molecular weight excluding hydrogens is 338 g/mol. The molecule has 1 aromatic carbocycles. The minimum Gasteiger partial charge on any atom is -0.341 e. The number of aryl methyl sites for hydroxylation is 1. The Kier molecular flexibility index (Phi) is 4.95. The predicted octanol–water partition coefficient (Wildman–Crippen LogP) is 3.25. The van der Waals surface area contributed by atoms with Gasteiger partial charge in [-0.1, -0.05) is 41.4 Å². The van der Waals surface area contributed by atoms with Crippen LogP contribution in [-0.4, -0.2) is 15.9 Å². The van der Waals surface area contributed by atoms with Crippen molar-refractivity contribution in [2.45, 2.75) is 13.0 Å². The number of rotatable bonds is 4. The van der Waals surface area contributed by atoms with Crippen LogP contribution in [0.5, 0.6) is 0 Å². The number of halogens is 1. The van der Waals surface area contributed by atoms with Crippen LogP contribution in [0.2, 0.25) is 5.02 Å². The van der Waals surface area contributed by atoms with Gasteiger partial charge >= 0.3 is 0 Å². The van der Waals surface area contributed by atoms with Gasteiger partial charge in [-0.25, -0.2) is 0 Å². The van der Waals surface area contributed by atoms with E-state index in [1.54, 1.807) is 12.4 Å². The average Bonchev–Trinajstić information content (AvgIpc) is 2.63. The minimum absolute atomic E-state index is 0.0246. The second kappa shape index (κ2) is 7.32. The zero-order valence-corrected chi connectivity index (χ0v) is 14.2. The number of amides is 1. The number of nitrogens with one attached hydrogen (secondary N) is 2. The Morgan fingerprint density at radius 2 is 1.76 bits per heavy atom. The van der Waals surface area contributed by atoms with Gasteiger partial charge in [0.2, 0.25) is 0 Å².